The Morgan fingerprint density at radius 3 is 2.83 bits per heavy atom. The molecule has 1 saturated carbocycles. The van der Waals surface area contributed by atoms with Crippen LogP contribution >= 0.6 is 0 Å². The molecular formula is C14H18N4. The molecule has 2 aliphatic rings. The van der Waals surface area contributed by atoms with Crippen LogP contribution in [0.5, 0.6) is 0 Å². The van der Waals surface area contributed by atoms with E-state index >= 15 is 0 Å². The van der Waals surface area contributed by atoms with Crippen LogP contribution in [0.25, 0.3) is 0 Å². The van der Waals surface area contributed by atoms with Crippen LogP contribution < -0.4 is 10.2 Å². The Morgan fingerprint density at radius 2 is 2.28 bits per heavy atom. The second-order valence-electron chi connectivity index (χ2n) is 5.19. The first-order valence-corrected chi connectivity index (χ1v) is 6.73. The maximum atomic E-state index is 8.80. The fraction of sp³-hybridized carbons (Fsp3) is 0.571. The van der Waals surface area contributed by atoms with E-state index in [9.17, 15) is 0 Å². The maximum absolute atomic E-state index is 8.80. The number of pyridine rings is 1. The van der Waals surface area contributed by atoms with Gasteiger partial charge in [-0.1, -0.05) is 0 Å². The average Bonchev–Trinajstić information content (AvgIpc) is 3.13. The summed E-state index contributed by atoms with van der Waals surface area (Å²) in [5.41, 5.74) is 0.633. The topological polar surface area (TPSA) is 52.0 Å². The molecule has 18 heavy (non-hydrogen) atoms. The fourth-order valence-electron chi connectivity index (χ4n) is 2.59. The first-order valence-electron chi connectivity index (χ1n) is 6.73. The van der Waals surface area contributed by atoms with Gasteiger partial charge in [0.15, 0.2) is 0 Å². The molecule has 0 radical (unpaired) electrons. The summed E-state index contributed by atoms with van der Waals surface area (Å²) in [4.78, 5) is 6.84. The number of nitriles is 1. The maximum Gasteiger partial charge on any atom is 0.128 e. The summed E-state index contributed by atoms with van der Waals surface area (Å²) in [5.74, 6) is 1.02. The number of hydrogen-bond acceptors (Lipinski definition) is 4. The SMILES string of the molecule is N#Cc1ccc(N(CC2CCCN2)C2CC2)nc1. The minimum Gasteiger partial charge on any atom is -0.352 e. The van der Waals surface area contributed by atoms with Gasteiger partial charge in [0, 0.05) is 24.8 Å². The van der Waals surface area contributed by atoms with Crippen LogP contribution in [0, 0.1) is 11.3 Å². The Bertz CT molecular complexity index is 438. The van der Waals surface area contributed by atoms with Crippen molar-refractivity contribution in [2.45, 2.75) is 37.8 Å². The zero-order chi connectivity index (χ0) is 12.4. The van der Waals surface area contributed by atoms with Gasteiger partial charge in [-0.05, 0) is 44.4 Å². The molecule has 2 heterocycles. The third-order valence-electron chi connectivity index (χ3n) is 3.74. The van der Waals surface area contributed by atoms with E-state index < -0.39 is 0 Å². The quantitative estimate of drug-likeness (QED) is 0.872. The molecule has 1 saturated heterocycles. The number of aromatic nitrogens is 1. The van der Waals surface area contributed by atoms with Gasteiger partial charge in [0.1, 0.15) is 11.9 Å². The van der Waals surface area contributed by atoms with Gasteiger partial charge in [0.2, 0.25) is 0 Å². The third kappa shape index (κ3) is 2.46. The van der Waals surface area contributed by atoms with Crippen molar-refractivity contribution in [1.29, 1.82) is 5.26 Å². The van der Waals surface area contributed by atoms with Gasteiger partial charge in [0.25, 0.3) is 0 Å². The van der Waals surface area contributed by atoms with Crippen molar-refractivity contribution in [3.63, 3.8) is 0 Å². The van der Waals surface area contributed by atoms with Crippen molar-refractivity contribution in [3.05, 3.63) is 23.9 Å². The normalized spacial score (nSPS) is 22.7. The van der Waals surface area contributed by atoms with Gasteiger partial charge in [-0.15, -0.1) is 0 Å². The molecular weight excluding hydrogens is 224 g/mol. The van der Waals surface area contributed by atoms with Crippen molar-refractivity contribution in [1.82, 2.24) is 10.3 Å². The van der Waals surface area contributed by atoms with Crippen molar-refractivity contribution in [2.75, 3.05) is 18.0 Å². The zero-order valence-electron chi connectivity index (χ0n) is 10.5. The number of hydrogen-bond donors (Lipinski definition) is 1. The molecule has 0 amide bonds. The zero-order valence-corrected chi connectivity index (χ0v) is 10.5. The summed E-state index contributed by atoms with van der Waals surface area (Å²) < 4.78 is 0. The average molecular weight is 242 g/mol. The first-order chi connectivity index (χ1) is 8.86. The van der Waals surface area contributed by atoms with Crippen LogP contribution in [-0.2, 0) is 0 Å². The van der Waals surface area contributed by atoms with E-state index in [1.807, 2.05) is 12.1 Å². The molecule has 1 N–H and O–H groups in total. The molecule has 94 valence electrons. The molecule has 1 aliphatic carbocycles. The second-order valence-corrected chi connectivity index (χ2v) is 5.19. The van der Waals surface area contributed by atoms with Crippen LogP contribution in [0.1, 0.15) is 31.2 Å². The molecule has 3 rings (SSSR count). The lowest BCUT2D eigenvalue weighted by molar-refractivity contribution is 0.575. The minimum atomic E-state index is 0.600. The lowest BCUT2D eigenvalue weighted by atomic mass is 10.2. The molecule has 1 aromatic rings. The summed E-state index contributed by atoms with van der Waals surface area (Å²) in [5, 5.41) is 12.3. The summed E-state index contributed by atoms with van der Waals surface area (Å²) in [6.45, 7) is 2.19. The standard InChI is InChI=1S/C14H18N4/c15-8-11-3-6-14(17-9-11)18(13-4-5-13)10-12-2-1-7-16-12/h3,6,9,12-13,16H,1-2,4-5,7,10H2. The van der Waals surface area contributed by atoms with Crippen molar-refractivity contribution in [2.24, 2.45) is 0 Å². The van der Waals surface area contributed by atoms with E-state index in [4.69, 9.17) is 5.26 Å². The van der Waals surface area contributed by atoms with Crippen molar-refractivity contribution < 1.29 is 0 Å². The smallest absolute Gasteiger partial charge is 0.128 e. The highest BCUT2D eigenvalue weighted by Gasteiger charge is 2.32. The number of rotatable bonds is 4. The Balaban J connectivity index is 1.73. The molecule has 1 atom stereocenters. The third-order valence-corrected chi connectivity index (χ3v) is 3.74. The van der Waals surface area contributed by atoms with E-state index in [0.717, 1.165) is 18.9 Å². The number of nitrogens with zero attached hydrogens (tertiary/aromatic N) is 3. The molecule has 2 fully saturated rings. The number of nitrogens with one attached hydrogen (secondary N) is 1. The van der Waals surface area contributed by atoms with Gasteiger partial charge < -0.3 is 10.2 Å². The predicted molar refractivity (Wildman–Crippen MR) is 70.3 cm³/mol. The first kappa shape index (κ1) is 11.5. The van der Waals surface area contributed by atoms with E-state index in [2.05, 4.69) is 21.3 Å². The highest BCUT2D eigenvalue weighted by atomic mass is 15.2. The second kappa shape index (κ2) is 4.95. The molecule has 4 heteroatoms. The lowest BCUT2D eigenvalue weighted by Crippen LogP contribution is -2.39. The van der Waals surface area contributed by atoms with E-state index in [1.165, 1.54) is 25.7 Å². The largest absolute Gasteiger partial charge is 0.352 e. The van der Waals surface area contributed by atoms with Crippen LogP contribution in [0.15, 0.2) is 18.3 Å². The van der Waals surface area contributed by atoms with Crippen LogP contribution in [0.3, 0.4) is 0 Å². The van der Waals surface area contributed by atoms with Crippen molar-refractivity contribution in [3.8, 4) is 6.07 Å². The monoisotopic (exact) mass is 242 g/mol. The fourth-order valence-corrected chi connectivity index (χ4v) is 2.59. The minimum absolute atomic E-state index is 0.600. The highest BCUT2D eigenvalue weighted by Crippen LogP contribution is 2.31. The molecule has 0 aromatic carbocycles. The van der Waals surface area contributed by atoms with Gasteiger partial charge in [0.05, 0.1) is 5.56 Å². The molecule has 1 unspecified atom stereocenters. The Morgan fingerprint density at radius 1 is 1.39 bits per heavy atom. The highest BCUT2D eigenvalue weighted by molar-refractivity contribution is 5.44. The van der Waals surface area contributed by atoms with Crippen LogP contribution in [-0.4, -0.2) is 30.2 Å². The van der Waals surface area contributed by atoms with Gasteiger partial charge in [-0.2, -0.15) is 5.26 Å². The summed E-state index contributed by atoms with van der Waals surface area (Å²) in [6.07, 6.45) is 6.76. The van der Waals surface area contributed by atoms with E-state index in [-0.39, 0.29) is 0 Å². The van der Waals surface area contributed by atoms with E-state index in [1.54, 1.807) is 6.20 Å². The van der Waals surface area contributed by atoms with Gasteiger partial charge >= 0.3 is 0 Å². The Kier molecular flexibility index (Phi) is 3.16. The Labute approximate surface area is 108 Å². The van der Waals surface area contributed by atoms with Crippen LogP contribution in [0.2, 0.25) is 0 Å². The van der Waals surface area contributed by atoms with Crippen LogP contribution in [0.4, 0.5) is 5.82 Å². The summed E-state index contributed by atoms with van der Waals surface area (Å²) >= 11 is 0. The van der Waals surface area contributed by atoms with Gasteiger partial charge in [-0.25, -0.2) is 4.98 Å². The summed E-state index contributed by atoms with van der Waals surface area (Å²) in [6, 6.07) is 7.22. The van der Waals surface area contributed by atoms with Gasteiger partial charge in [-0.3, -0.25) is 0 Å². The number of anilines is 1. The van der Waals surface area contributed by atoms with E-state index in [0.29, 0.717) is 17.6 Å². The lowest BCUT2D eigenvalue weighted by Gasteiger charge is -2.26. The van der Waals surface area contributed by atoms with Crippen molar-refractivity contribution >= 4 is 5.82 Å². The Hall–Kier alpha value is -1.60. The summed E-state index contributed by atoms with van der Waals surface area (Å²) in [7, 11) is 0. The molecule has 0 spiro atoms. The predicted octanol–water partition coefficient (Wildman–Crippen LogP) is 1.67. The molecule has 0 bridgehead atoms. The molecule has 4 nitrogen and oxygen atoms in total. The molecule has 1 aromatic heterocycles. The molecule has 1 aliphatic heterocycles.